The second-order valence-corrected chi connectivity index (χ2v) is 9.16. The van der Waals surface area contributed by atoms with Gasteiger partial charge in [0, 0.05) is 19.2 Å². The van der Waals surface area contributed by atoms with E-state index < -0.39 is 0 Å². The number of benzene rings is 2. The highest BCUT2D eigenvalue weighted by Crippen LogP contribution is 2.33. The maximum absolute atomic E-state index is 13.7. The Morgan fingerprint density at radius 1 is 0.946 bits per heavy atom. The summed E-state index contributed by atoms with van der Waals surface area (Å²) in [5.74, 6) is 2.58. The summed E-state index contributed by atoms with van der Waals surface area (Å²) in [4.78, 5) is 30.5. The van der Waals surface area contributed by atoms with Crippen LogP contribution in [0.25, 0.3) is 0 Å². The van der Waals surface area contributed by atoms with E-state index in [1.165, 1.54) is 7.11 Å². The number of carbonyl (C=O) groups is 2. The smallest absolute Gasteiger partial charge is 0.258 e. The summed E-state index contributed by atoms with van der Waals surface area (Å²) < 4.78 is 27.1. The Balaban J connectivity index is 1.57. The molecule has 0 saturated heterocycles. The lowest BCUT2D eigenvalue weighted by molar-refractivity contribution is -0.133. The minimum atomic E-state index is -0.289. The molecule has 0 bridgehead atoms. The number of methoxy groups -OCH3 is 2. The van der Waals surface area contributed by atoms with Gasteiger partial charge in [-0.05, 0) is 47.9 Å². The molecule has 0 saturated carbocycles. The van der Waals surface area contributed by atoms with E-state index in [9.17, 15) is 9.59 Å². The predicted octanol–water partition coefficient (Wildman–Crippen LogP) is 4.35. The molecule has 0 N–H and O–H groups in total. The summed E-state index contributed by atoms with van der Waals surface area (Å²) in [6.07, 6.45) is 1.57. The molecule has 2 aromatic carbocycles. The van der Waals surface area contributed by atoms with E-state index in [4.69, 9.17) is 23.4 Å². The molecule has 0 spiro atoms. The lowest BCUT2D eigenvalue weighted by atomic mass is 10.1. The van der Waals surface area contributed by atoms with Crippen LogP contribution in [0.1, 0.15) is 35.5 Å². The zero-order valence-corrected chi connectivity index (χ0v) is 21.6. The summed E-state index contributed by atoms with van der Waals surface area (Å²) in [7, 11) is 3.05. The Labute approximate surface area is 216 Å². The van der Waals surface area contributed by atoms with Crippen molar-refractivity contribution in [2.75, 3.05) is 34.1 Å². The average molecular weight is 509 g/mol. The molecule has 0 radical (unpaired) electrons. The second kappa shape index (κ2) is 11.7. The zero-order valence-electron chi connectivity index (χ0n) is 21.6. The number of nitrogens with zero attached hydrogens (tertiary/aromatic N) is 2. The molecule has 3 aromatic rings. The van der Waals surface area contributed by atoms with Crippen molar-refractivity contribution in [1.82, 2.24) is 9.80 Å². The Hall–Kier alpha value is -4.14. The maximum atomic E-state index is 13.7. The first-order valence-corrected chi connectivity index (χ1v) is 12.1. The first-order chi connectivity index (χ1) is 17.9. The SMILES string of the molecule is COc1ccc(C(=O)N(CC(=O)N(Cc2ccc3c(c2)OCO3)Cc2ccco2)CC(C)C)c(OC)c1. The molecular weight excluding hydrogens is 476 g/mol. The quantitative estimate of drug-likeness (QED) is 0.380. The van der Waals surface area contributed by atoms with Crippen molar-refractivity contribution in [3.8, 4) is 23.0 Å². The molecule has 9 nitrogen and oxygen atoms in total. The van der Waals surface area contributed by atoms with Gasteiger partial charge in [0.1, 0.15) is 23.8 Å². The van der Waals surface area contributed by atoms with Gasteiger partial charge in [-0.15, -0.1) is 0 Å². The van der Waals surface area contributed by atoms with Gasteiger partial charge >= 0.3 is 0 Å². The number of ether oxygens (including phenoxy) is 4. The summed E-state index contributed by atoms with van der Waals surface area (Å²) >= 11 is 0. The summed E-state index contributed by atoms with van der Waals surface area (Å²) in [5.41, 5.74) is 1.24. The van der Waals surface area contributed by atoms with Crippen LogP contribution in [0.15, 0.2) is 59.2 Å². The monoisotopic (exact) mass is 508 g/mol. The molecule has 1 aliphatic heterocycles. The lowest BCUT2D eigenvalue weighted by Gasteiger charge is -2.29. The third-order valence-corrected chi connectivity index (χ3v) is 5.93. The Bertz CT molecular complexity index is 1220. The van der Waals surface area contributed by atoms with Crippen LogP contribution >= 0.6 is 0 Å². The molecule has 0 unspecified atom stereocenters. The molecule has 2 heterocycles. The van der Waals surface area contributed by atoms with Crippen LogP contribution in [0.3, 0.4) is 0 Å². The Kier molecular flexibility index (Phi) is 8.22. The van der Waals surface area contributed by atoms with E-state index in [2.05, 4.69) is 0 Å². The fourth-order valence-electron chi connectivity index (χ4n) is 4.15. The van der Waals surface area contributed by atoms with Crippen molar-refractivity contribution in [2.24, 2.45) is 5.92 Å². The van der Waals surface area contributed by atoms with Crippen molar-refractivity contribution in [1.29, 1.82) is 0 Å². The molecule has 0 aliphatic carbocycles. The Morgan fingerprint density at radius 3 is 2.46 bits per heavy atom. The highest BCUT2D eigenvalue weighted by Gasteiger charge is 2.26. The lowest BCUT2D eigenvalue weighted by Crippen LogP contribution is -2.44. The van der Waals surface area contributed by atoms with Gasteiger partial charge in [-0.3, -0.25) is 9.59 Å². The third-order valence-electron chi connectivity index (χ3n) is 5.93. The van der Waals surface area contributed by atoms with Gasteiger partial charge in [-0.2, -0.15) is 0 Å². The van der Waals surface area contributed by atoms with Crippen LogP contribution < -0.4 is 18.9 Å². The van der Waals surface area contributed by atoms with Gasteiger partial charge in [0.25, 0.3) is 5.91 Å². The maximum Gasteiger partial charge on any atom is 0.258 e. The highest BCUT2D eigenvalue weighted by molar-refractivity contribution is 5.99. The summed E-state index contributed by atoms with van der Waals surface area (Å²) in [5, 5.41) is 0. The normalized spacial score (nSPS) is 11.9. The Morgan fingerprint density at radius 2 is 1.76 bits per heavy atom. The van der Waals surface area contributed by atoms with E-state index >= 15 is 0 Å². The number of fused-ring (bicyclic) bond motifs is 1. The average Bonchev–Trinajstić information content (AvgIpc) is 3.58. The molecule has 2 amide bonds. The number of hydrogen-bond donors (Lipinski definition) is 0. The molecule has 1 aliphatic rings. The molecule has 37 heavy (non-hydrogen) atoms. The minimum absolute atomic E-state index is 0.0997. The zero-order chi connectivity index (χ0) is 26.4. The van der Waals surface area contributed by atoms with Crippen LogP contribution in [-0.2, 0) is 17.9 Å². The summed E-state index contributed by atoms with van der Waals surface area (Å²) in [6, 6.07) is 14.2. The van der Waals surface area contributed by atoms with Gasteiger partial charge < -0.3 is 33.2 Å². The minimum Gasteiger partial charge on any atom is -0.497 e. The van der Waals surface area contributed by atoms with Crippen molar-refractivity contribution < 1.29 is 33.0 Å². The molecular formula is C28H32N2O7. The molecule has 0 fully saturated rings. The summed E-state index contributed by atoms with van der Waals surface area (Å²) in [6.45, 7) is 5.05. The van der Waals surface area contributed by atoms with Crippen LogP contribution in [0.2, 0.25) is 0 Å². The molecule has 196 valence electrons. The highest BCUT2D eigenvalue weighted by atomic mass is 16.7. The van der Waals surface area contributed by atoms with Gasteiger partial charge in [0.2, 0.25) is 12.7 Å². The number of rotatable bonds is 11. The van der Waals surface area contributed by atoms with Crippen LogP contribution in [-0.4, -0.2) is 55.7 Å². The molecule has 0 atom stereocenters. The predicted molar refractivity (Wildman–Crippen MR) is 136 cm³/mol. The molecule has 1 aromatic heterocycles. The number of amides is 2. The molecule has 9 heteroatoms. The van der Waals surface area contributed by atoms with Gasteiger partial charge in [0.15, 0.2) is 11.5 Å². The van der Waals surface area contributed by atoms with Gasteiger partial charge in [-0.1, -0.05) is 19.9 Å². The van der Waals surface area contributed by atoms with Crippen molar-refractivity contribution >= 4 is 11.8 Å². The largest absolute Gasteiger partial charge is 0.497 e. The standard InChI is InChI=1S/C28H32N2O7/c1-19(2)14-30(28(32)23-9-8-21(33-3)13-25(23)34-4)17-27(31)29(16-22-6-5-11-35-22)15-20-7-10-24-26(12-20)37-18-36-24/h5-13,19H,14-18H2,1-4H3. The van der Waals surface area contributed by atoms with E-state index in [0.29, 0.717) is 47.4 Å². The van der Waals surface area contributed by atoms with Crippen LogP contribution in [0.4, 0.5) is 0 Å². The second-order valence-electron chi connectivity index (χ2n) is 9.16. The van der Waals surface area contributed by atoms with Crippen LogP contribution in [0, 0.1) is 5.92 Å². The van der Waals surface area contributed by atoms with E-state index in [1.807, 2.05) is 38.1 Å². The van der Waals surface area contributed by atoms with Gasteiger partial charge in [0.05, 0.1) is 32.6 Å². The number of carbonyl (C=O) groups excluding carboxylic acids is 2. The van der Waals surface area contributed by atoms with E-state index in [0.717, 1.165) is 5.56 Å². The fourth-order valence-corrected chi connectivity index (χ4v) is 4.15. The first-order valence-electron chi connectivity index (χ1n) is 12.1. The van der Waals surface area contributed by atoms with Gasteiger partial charge in [-0.25, -0.2) is 0 Å². The number of furan rings is 1. The van der Waals surface area contributed by atoms with Crippen LogP contribution in [0.5, 0.6) is 23.0 Å². The third kappa shape index (κ3) is 6.35. The van der Waals surface area contributed by atoms with E-state index in [1.54, 1.807) is 47.4 Å². The van der Waals surface area contributed by atoms with E-state index in [-0.39, 0.29) is 37.6 Å². The number of hydrogen-bond acceptors (Lipinski definition) is 7. The first kappa shape index (κ1) is 25.9. The molecule has 4 rings (SSSR count). The fraction of sp³-hybridized carbons (Fsp3) is 0.357. The van der Waals surface area contributed by atoms with Crippen molar-refractivity contribution in [2.45, 2.75) is 26.9 Å². The van der Waals surface area contributed by atoms with Crippen molar-refractivity contribution in [3.05, 3.63) is 71.7 Å². The van der Waals surface area contributed by atoms with Crippen molar-refractivity contribution in [3.63, 3.8) is 0 Å². The topological polar surface area (TPSA) is 90.7 Å².